The van der Waals surface area contributed by atoms with E-state index in [0.717, 1.165) is 6.07 Å². The summed E-state index contributed by atoms with van der Waals surface area (Å²) in [6.45, 7) is 1.77. The molecule has 2 aromatic rings. The summed E-state index contributed by atoms with van der Waals surface area (Å²) in [7, 11) is 0. The van der Waals surface area contributed by atoms with Gasteiger partial charge in [-0.25, -0.2) is 0 Å². The first-order valence-corrected chi connectivity index (χ1v) is 5.07. The number of alkyl halides is 3. The van der Waals surface area contributed by atoms with Crippen LogP contribution in [-0.4, -0.2) is 6.36 Å². The third-order valence-electron chi connectivity index (χ3n) is 2.26. The molecule has 0 bridgehead atoms. The fraction of sp³-hybridized carbons (Fsp3) is 0.167. The molecule has 6 heteroatoms. The van der Waals surface area contributed by atoms with E-state index in [0.29, 0.717) is 17.1 Å². The lowest BCUT2D eigenvalue weighted by molar-refractivity contribution is -0.274. The van der Waals surface area contributed by atoms with Crippen LogP contribution in [0.3, 0.4) is 0 Å². The number of anilines is 1. The molecule has 1 aromatic carbocycles. The fourth-order valence-electron chi connectivity index (χ4n) is 1.51. The van der Waals surface area contributed by atoms with Crippen molar-refractivity contribution in [2.45, 2.75) is 13.3 Å². The van der Waals surface area contributed by atoms with Crippen LogP contribution in [0.5, 0.6) is 5.75 Å². The van der Waals surface area contributed by atoms with Gasteiger partial charge in [0.2, 0.25) is 0 Å². The Morgan fingerprint density at radius 2 is 1.89 bits per heavy atom. The van der Waals surface area contributed by atoms with Crippen LogP contribution in [-0.2, 0) is 0 Å². The van der Waals surface area contributed by atoms with E-state index in [4.69, 9.17) is 10.2 Å². The molecule has 1 heterocycles. The second-order valence-electron chi connectivity index (χ2n) is 3.71. The van der Waals surface area contributed by atoms with Crippen LogP contribution in [0.2, 0.25) is 0 Å². The Bertz CT molecular complexity index is 561. The quantitative estimate of drug-likeness (QED) is 0.834. The molecule has 0 amide bonds. The number of hydrogen-bond acceptors (Lipinski definition) is 3. The standard InChI is InChI=1S/C12H10F3NO2/c1-7-2-4-10(17-7)8-3-5-11(9(16)6-8)18-12(13,14)15/h2-6H,16H2,1H3. The second kappa shape index (κ2) is 4.29. The maximum atomic E-state index is 12.1. The topological polar surface area (TPSA) is 48.4 Å². The number of benzene rings is 1. The molecule has 0 saturated heterocycles. The summed E-state index contributed by atoms with van der Waals surface area (Å²) in [5.41, 5.74) is 6.00. The first-order valence-electron chi connectivity index (χ1n) is 5.07. The summed E-state index contributed by atoms with van der Waals surface area (Å²) in [5.74, 6) is 0.825. The monoisotopic (exact) mass is 257 g/mol. The average Bonchev–Trinajstić information content (AvgIpc) is 2.66. The fourth-order valence-corrected chi connectivity index (χ4v) is 1.51. The zero-order valence-electron chi connectivity index (χ0n) is 9.41. The minimum Gasteiger partial charge on any atom is -0.461 e. The van der Waals surface area contributed by atoms with Crippen LogP contribution in [0.15, 0.2) is 34.7 Å². The summed E-state index contributed by atoms with van der Waals surface area (Å²) in [6, 6.07) is 7.46. The number of rotatable bonds is 2. The Morgan fingerprint density at radius 3 is 2.39 bits per heavy atom. The van der Waals surface area contributed by atoms with Crippen molar-refractivity contribution >= 4 is 5.69 Å². The summed E-state index contributed by atoms with van der Waals surface area (Å²) >= 11 is 0. The number of halogens is 3. The first-order chi connectivity index (χ1) is 8.35. The zero-order chi connectivity index (χ0) is 13.3. The van der Waals surface area contributed by atoms with Gasteiger partial charge in [-0.1, -0.05) is 0 Å². The summed E-state index contributed by atoms with van der Waals surface area (Å²) < 4.78 is 45.3. The molecule has 1 aromatic heterocycles. The number of furan rings is 1. The van der Waals surface area contributed by atoms with Crippen molar-refractivity contribution in [3.05, 3.63) is 36.1 Å². The van der Waals surface area contributed by atoms with Crippen molar-refractivity contribution in [1.29, 1.82) is 0 Å². The van der Waals surface area contributed by atoms with E-state index in [2.05, 4.69) is 4.74 Å². The maximum Gasteiger partial charge on any atom is 0.573 e. The van der Waals surface area contributed by atoms with E-state index in [9.17, 15) is 13.2 Å². The lowest BCUT2D eigenvalue weighted by Crippen LogP contribution is -2.17. The lowest BCUT2D eigenvalue weighted by Gasteiger charge is -2.11. The van der Waals surface area contributed by atoms with Crippen molar-refractivity contribution in [2.24, 2.45) is 0 Å². The van der Waals surface area contributed by atoms with E-state index in [1.54, 1.807) is 19.1 Å². The molecule has 3 nitrogen and oxygen atoms in total. The molecule has 0 unspecified atom stereocenters. The molecular formula is C12H10F3NO2. The van der Waals surface area contributed by atoms with Gasteiger partial charge in [-0.05, 0) is 37.3 Å². The molecule has 2 N–H and O–H groups in total. The van der Waals surface area contributed by atoms with Gasteiger partial charge in [0.1, 0.15) is 11.5 Å². The number of ether oxygens (including phenoxy) is 1. The molecular weight excluding hydrogens is 247 g/mol. The van der Waals surface area contributed by atoms with Crippen LogP contribution in [0.4, 0.5) is 18.9 Å². The Morgan fingerprint density at radius 1 is 1.17 bits per heavy atom. The molecule has 0 aliphatic rings. The van der Waals surface area contributed by atoms with Crippen molar-refractivity contribution in [3.63, 3.8) is 0 Å². The molecule has 0 spiro atoms. The highest BCUT2D eigenvalue weighted by atomic mass is 19.4. The third-order valence-corrected chi connectivity index (χ3v) is 2.26. The second-order valence-corrected chi connectivity index (χ2v) is 3.71. The van der Waals surface area contributed by atoms with E-state index in [1.165, 1.54) is 12.1 Å². The molecule has 2 rings (SSSR count). The smallest absolute Gasteiger partial charge is 0.461 e. The molecule has 96 valence electrons. The van der Waals surface area contributed by atoms with Crippen molar-refractivity contribution in [2.75, 3.05) is 5.73 Å². The molecule has 0 radical (unpaired) electrons. The highest BCUT2D eigenvalue weighted by Crippen LogP contribution is 2.32. The molecule has 0 aliphatic heterocycles. The van der Waals surface area contributed by atoms with Crippen molar-refractivity contribution in [1.82, 2.24) is 0 Å². The Hall–Kier alpha value is -2.11. The highest BCUT2D eigenvalue weighted by Gasteiger charge is 2.31. The SMILES string of the molecule is Cc1ccc(-c2ccc(OC(F)(F)F)c(N)c2)o1. The summed E-state index contributed by atoms with van der Waals surface area (Å²) in [6.07, 6.45) is -4.75. The normalized spacial score (nSPS) is 11.6. The van der Waals surface area contributed by atoms with Gasteiger partial charge in [0, 0.05) is 5.56 Å². The van der Waals surface area contributed by atoms with Crippen LogP contribution in [0, 0.1) is 6.92 Å². The molecule has 0 saturated carbocycles. The van der Waals surface area contributed by atoms with Crippen molar-refractivity contribution in [3.8, 4) is 17.1 Å². The third kappa shape index (κ3) is 2.77. The van der Waals surface area contributed by atoms with Crippen LogP contribution in [0.1, 0.15) is 5.76 Å². The van der Waals surface area contributed by atoms with Gasteiger partial charge in [0.05, 0.1) is 5.69 Å². The van der Waals surface area contributed by atoms with Crippen molar-refractivity contribution < 1.29 is 22.3 Å². The summed E-state index contributed by atoms with van der Waals surface area (Å²) in [5, 5.41) is 0. The minimum absolute atomic E-state index is 0.0983. The molecule has 18 heavy (non-hydrogen) atoms. The molecule has 0 aliphatic carbocycles. The predicted octanol–water partition coefficient (Wildman–Crippen LogP) is 3.74. The van der Waals surface area contributed by atoms with Gasteiger partial charge in [0.15, 0.2) is 5.75 Å². The number of nitrogens with two attached hydrogens (primary N) is 1. The minimum atomic E-state index is -4.75. The Kier molecular flexibility index (Phi) is 2.94. The van der Waals surface area contributed by atoms with Gasteiger partial charge in [-0.2, -0.15) is 0 Å². The summed E-state index contributed by atoms with van der Waals surface area (Å²) in [4.78, 5) is 0. The molecule has 0 atom stereocenters. The number of hydrogen-bond donors (Lipinski definition) is 1. The number of nitrogen functional groups attached to an aromatic ring is 1. The Balaban J connectivity index is 2.30. The largest absolute Gasteiger partial charge is 0.573 e. The van der Waals surface area contributed by atoms with Gasteiger partial charge in [0.25, 0.3) is 0 Å². The van der Waals surface area contributed by atoms with E-state index in [1.807, 2.05) is 0 Å². The van der Waals surface area contributed by atoms with Crippen LogP contribution >= 0.6 is 0 Å². The highest BCUT2D eigenvalue weighted by molar-refractivity contribution is 5.67. The average molecular weight is 257 g/mol. The molecule has 0 fully saturated rings. The maximum absolute atomic E-state index is 12.1. The van der Waals surface area contributed by atoms with Gasteiger partial charge >= 0.3 is 6.36 Å². The number of aryl methyl sites for hydroxylation is 1. The van der Waals surface area contributed by atoms with Crippen LogP contribution < -0.4 is 10.5 Å². The van der Waals surface area contributed by atoms with Gasteiger partial charge in [-0.3, -0.25) is 0 Å². The van der Waals surface area contributed by atoms with E-state index >= 15 is 0 Å². The Labute approximate surface area is 101 Å². The lowest BCUT2D eigenvalue weighted by atomic mass is 10.1. The predicted molar refractivity (Wildman–Crippen MR) is 60.0 cm³/mol. The zero-order valence-corrected chi connectivity index (χ0v) is 9.41. The van der Waals surface area contributed by atoms with Gasteiger partial charge in [-0.15, -0.1) is 13.2 Å². The van der Waals surface area contributed by atoms with Gasteiger partial charge < -0.3 is 14.9 Å². The van der Waals surface area contributed by atoms with Crippen LogP contribution in [0.25, 0.3) is 11.3 Å². The van der Waals surface area contributed by atoms with E-state index in [-0.39, 0.29) is 5.69 Å². The first kappa shape index (κ1) is 12.3. The van der Waals surface area contributed by atoms with E-state index < -0.39 is 12.1 Å².